The summed E-state index contributed by atoms with van der Waals surface area (Å²) < 4.78 is 0. The topological polar surface area (TPSA) is 58.4 Å². The molecule has 5 heteroatoms. The monoisotopic (exact) mass is 361 g/mol. The van der Waals surface area contributed by atoms with E-state index in [0.29, 0.717) is 0 Å². The average Bonchev–Trinajstić information content (AvgIpc) is 2.61. The number of hydrogen-bond donors (Lipinski definition) is 2. The number of amides is 1. The van der Waals surface area contributed by atoms with E-state index in [9.17, 15) is 4.79 Å². The number of anilines is 1. The minimum Gasteiger partial charge on any atom is -0.326 e. The first-order chi connectivity index (χ1) is 12.0. The van der Waals surface area contributed by atoms with Gasteiger partial charge in [-0.1, -0.05) is 25.0 Å². The molecule has 4 nitrogen and oxygen atoms in total. The Balaban J connectivity index is 1.50. The maximum atomic E-state index is 12.6. The molecule has 3 N–H and O–H groups in total. The van der Waals surface area contributed by atoms with Gasteiger partial charge in [0.1, 0.15) is 0 Å². The first-order valence-electron chi connectivity index (χ1n) is 9.53. The largest absolute Gasteiger partial charge is 0.326 e. The van der Waals surface area contributed by atoms with Crippen molar-refractivity contribution in [1.29, 1.82) is 0 Å². The number of carbonyl (C=O) groups is 1. The number of nitrogens with zero attached hydrogens (tertiary/aromatic N) is 1. The number of thioether (sulfide) groups is 1. The zero-order valence-corrected chi connectivity index (χ0v) is 16.1. The van der Waals surface area contributed by atoms with Crippen LogP contribution in [-0.4, -0.2) is 47.5 Å². The third-order valence-electron chi connectivity index (χ3n) is 5.61. The van der Waals surface area contributed by atoms with E-state index in [1.807, 2.05) is 30.8 Å². The molecule has 1 aliphatic carbocycles. The van der Waals surface area contributed by atoms with Gasteiger partial charge in [-0.2, -0.15) is 11.8 Å². The van der Waals surface area contributed by atoms with Gasteiger partial charge < -0.3 is 16.0 Å². The zero-order valence-electron chi connectivity index (χ0n) is 15.3. The van der Waals surface area contributed by atoms with Gasteiger partial charge in [0.15, 0.2) is 0 Å². The van der Waals surface area contributed by atoms with Crippen molar-refractivity contribution < 1.29 is 4.79 Å². The molecule has 0 spiro atoms. The predicted octanol–water partition coefficient (Wildman–Crippen LogP) is 3.12. The number of nitrogens with two attached hydrogens (primary N) is 1. The summed E-state index contributed by atoms with van der Waals surface area (Å²) in [5, 5.41) is 3.07. The fourth-order valence-electron chi connectivity index (χ4n) is 3.89. The number of benzene rings is 1. The highest BCUT2D eigenvalue weighted by atomic mass is 32.2. The summed E-state index contributed by atoms with van der Waals surface area (Å²) in [4.78, 5) is 15.1. The van der Waals surface area contributed by atoms with E-state index < -0.39 is 0 Å². The van der Waals surface area contributed by atoms with Crippen LogP contribution in [0.25, 0.3) is 0 Å². The fraction of sp³-hybridized carbons (Fsp3) is 0.650. The van der Waals surface area contributed by atoms with Gasteiger partial charge in [0.25, 0.3) is 0 Å². The molecule has 1 saturated carbocycles. The molecule has 2 aliphatic rings. The number of carbonyl (C=O) groups excluding carboxylic acids is 1. The Hall–Kier alpha value is -1.04. The van der Waals surface area contributed by atoms with Crippen molar-refractivity contribution in [3.8, 4) is 0 Å². The number of hydrogen-bond acceptors (Lipinski definition) is 4. The molecule has 2 atom stereocenters. The normalized spacial score (nSPS) is 27.8. The second-order valence-corrected chi connectivity index (χ2v) is 8.92. The van der Waals surface area contributed by atoms with Gasteiger partial charge in [0, 0.05) is 42.4 Å². The van der Waals surface area contributed by atoms with Gasteiger partial charge in [-0.25, -0.2) is 0 Å². The van der Waals surface area contributed by atoms with Gasteiger partial charge in [-0.3, -0.25) is 4.79 Å². The Bertz CT molecular complexity index is 567. The van der Waals surface area contributed by atoms with E-state index >= 15 is 0 Å². The maximum absolute atomic E-state index is 12.6. The quantitative estimate of drug-likeness (QED) is 0.846. The van der Waals surface area contributed by atoms with Crippen LogP contribution < -0.4 is 11.1 Å². The minimum atomic E-state index is -0.380. The van der Waals surface area contributed by atoms with Crippen LogP contribution in [0.3, 0.4) is 0 Å². The number of rotatable bonds is 5. The first kappa shape index (κ1) is 18.7. The molecular weight excluding hydrogens is 330 g/mol. The Morgan fingerprint density at radius 1 is 1.28 bits per heavy atom. The molecule has 0 aromatic heterocycles. The Morgan fingerprint density at radius 3 is 2.68 bits per heavy atom. The van der Waals surface area contributed by atoms with Gasteiger partial charge in [-0.05, 0) is 43.9 Å². The molecule has 2 unspecified atom stereocenters. The van der Waals surface area contributed by atoms with Crippen molar-refractivity contribution in [2.75, 3.05) is 36.5 Å². The molecule has 1 aromatic rings. The van der Waals surface area contributed by atoms with Crippen molar-refractivity contribution in [3.05, 3.63) is 29.8 Å². The maximum Gasteiger partial charge on any atom is 0.229 e. The SMILES string of the molecule is CC1(N)CCCCC1C(=O)Nc1ccc(CCN2CCSCC2)cc1. The summed E-state index contributed by atoms with van der Waals surface area (Å²) >= 11 is 2.05. The lowest BCUT2D eigenvalue weighted by Gasteiger charge is -2.37. The Kier molecular flexibility index (Phi) is 6.42. The van der Waals surface area contributed by atoms with Crippen LogP contribution in [-0.2, 0) is 11.2 Å². The lowest BCUT2D eigenvalue weighted by molar-refractivity contribution is -0.122. The molecule has 1 aromatic carbocycles. The van der Waals surface area contributed by atoms with Gasteiger partial charge >= 0.3 is 0 Å². The second-order valence-electron chi connectivity index (χ2n) is 7.69. The van der Waals surface area contributed by atoms with E-state index in [1.165, 1.54) is 30.2 Å². The van der Waals surface area contributed by atoms with Crippen LogP contribution in [0.4, 0.5) is 5.69 Å². The molecule has 1 aliphatic heterocycles. The summed E-state index contributed by atoms with van der Waals surface area (Å²) in [6.07, 6.45) is 5.12. The zero-order chi connectivity index (χ0) is 17.7. The first-order valence-corrected chi connectivity index (χ1v) is 10.7. The molecule has 138 valence electrons. The molecular formula is C20H31N3OS. The molecule has 25 heavy (non-hydrogen) atoms. The summed E-state index contributed by atoms with van der Waals surface area (Å²) in [6.45, 7) is 5.55. The lowest BCUT2D eigenvalue weighted by Crippen LogP contribution is -2.51. The van der Waals surface area contributed by atoms with E-state index in [4.69, 9.17) is 5.73 Å². The molecule has 1 amide bonds. The van der Waals surface area contributed by atoms with Gasteiger partial charge in [0.05, 0.1) is 5.92 Å². The van der Waals surface area contributed by atoms with Crippen molar-refractivity contribution in [2.24, 2.45) is 11.7 Å². The van der Waals surface area contributed by atoms with Crippen LogP contribution in [0, 0.1) is 5.92 Å². The summed E-state index contributed by atoms with van der Waals surface area (Å²) in [5.74, 6) is 2.50. The summed E-state index contributed by atoms with van der Waals surface area (Å²) in [7, 11) is 0. The van der Waals surface area contributed by atoms with Crippen molar-refractivity contribution >= 4 is 23.4 Å². The van der Waals surface area contributed by atoms with Crippen LogP contribution in [0.15, 0.2) is 24.3 Å². The second kappa shape index (κ2) is 8.56. The molecule has 3 rings (SSSR count). The molecule has 2 fully saturated rings. The van der Waals surface area contributed by atoms with Crippen molar-refractivity contribution in [1.82, 2.24) is 4.90 Å². The summed E-state index contributed by atoms with van der Waals surface area (Å²) in [6, 6.07) is 8.32. The minimum absolute atomic E-state index is 0.0725. The van der Waals surface area contributed by atoms with Crippen molar-refractivity contribution in [3.63, 3.8) is 0 Å². The Morgan fingerprint density at radius 2 is 2.00 bits per heavy atom. The molecule has 0 radical (unpaired) electrons. The smallest absolute Gasteiger partial charge is 0.229 e. The van der Waals surface area contributed by atoms with Gasteiger partial charge in [-0.15, -0.1) is 0 Å². The van der Waals surface area contributed by atoms with E-state index in [-0.39, 0.29) is 17.4 Å². The third kappa shape index (κ3) is 5.22. The third-order valence-corrected chi connectivity index (χ3v) is 6.56. The highest BCUT2D eigenvalue weighted by Crippen LogP contribution is 2.32. The highest BCUT2D eigenvalue weighted by molar-refractivity contribution is 7.99. The summed E-state index contributed by atoms with van der Waals surface area (Å²) in [5.41, 5.74) is 8.17. The van der Waals surface area contributed by atoms with Gasteiger partial charge in [0.2, 0.25) is 5.91 Å². The van der Waals surface area contributed by atoms with E-state index in [2.05, 4.69) is 22.3 Å². The molecule has 0 bridgehead atoms. The molecule has 1 saturated heterocycles. The van der Waals surface area contributed by atoms with Crippen LogP contribution in [0.2, 0.25) is 0 Å². The highest BCUT2D eigenvalue weighted by Gasteiger charge is 2.37. The lowest BCUT2D eigenvalue weighted by atomic mass is 9.74. The van der Waals surface area contributed by atoms with E-state index in [0.717, 1.165) is 44.3 Å². The molecule has 1 heterocycles. The van der Waals surface area contributed by atoms with Crippen LogP contribution in [0.5, 0.6) is 0 Å². The number of nitrogens with one attached hydrogen (secondary N) is 1. The van der Waals surface area contributed by atoms with Crippen molar-refractivity contribution in [2.45, 2.75) is 44.6 Å². The average molecular weight is 362 g/mol. The predicted molar refractivity (Wildman–Crippen MR) is 107 cm³/mol. The Labute approximate surface area is 155 Å². The van der Waals surface area contributed by atoms with E-state index in [1.54, 1.807) is 0 Å². The van der Waals surface area contributed by atoms with Crippen LogP contribution >= 0.6 is 11.8 Å². The fourth-order valence-corrected chi connectivity index (χ4v) is 4.86. The standard InChI is InChI=1S/C20H31N3OS/c1-20(21)10-3-2-4-18(20)19(24)22-17-7-5-16(6-8-17)9-11-23-12-14-25-15-13-23/h5-8,18H,2-4,9-15,21H2,1H3,(H,22,24). The van der Waals surface area contributed by atoms with Crippen LogP contribution in [0.1, 0.15) is 38.2 Å².